The Morgan fingerprint density at radius 1 is 1.04 bits per heavy atom. The third kappa shape index (κ3) is 4.62. The number of anilines is 2. The molecule has 0 aliphatic heterocycles. The van der Waals surface area contributed by atoms with Crippen LogP contribution in [0.2, 0.25) is 0 Å². The summed E-state index contributed by atoms with van der Waals surface area (Å²) in [4.78, 5) is 14.7. The Morgan fingerprint density at radius 2 is 1.62 bits per heavy atom. The number of carbonyl (C=O) groups excluding carboxylic acids is 1. The van der Waals surface area contributed by atoms with E-state index in [0.717, 1.165) is 12.2 Å². The summed E-state index contributed by atoms with van der Waals surface area (Å²) in [6.45, 7) is 7.28. The minimum Gasteiger partial charge on any atom is -0.369 e. The van der Waals surface area contributed by atoms with Crippen LogP contribution in [0.4, 0.5) is 11.4 Å². The van der Waals surface area contributed by atoms with Crippen molar-refractivity contribution in [3.63, 3.8) is 0 Å². The number of hydrogen-bond donors (Lipinski definition) is 2. The van der Waals surface area contributed by atoms with E-state index in [0.29, 0.717) is 17.3 Å². The van der Waals surface area contributed by atoms with E-state index in [1.807, 2.05) is 24.3 Å². The summed E-state index contributed by atoms with van der Waals surface area (Å²) in [5.41, 5.74) is 2.18. The first-order valence-electron chi connectivity index (χ1n) is 8.50. The topological polar surface area (TPSA) is 78.5 Å². The van der Waals surface area contributed by atoms with E-state index in [4.69, 9.17) is 0 Å². The Kier molecular flexibility index (Phi) is 6.39. The molecule has 0 unspecified atom stereocenters. The van der Waals surface area contributed by atoms with Gasteiger partial charge in [0.25, 0.3) is 5.91 Å². The highest BCUT2D eigenvalue weighted by Crippen LogP contribution is 2.20. The van der Waals surface area contributed by atoms with Crippen molar-refractivity contribution in [2.24, 2.45) is 0 Å². The van der Waals surface area contributed by atoms with E-state index in [9.17, 15) is 13.2 Å². The van der Waals surface area contributed by atoms with Crippen molar-refractivity contribution >= 4 is 27.3 Å². The number of nitrogens with zero attached hydrogens (tertiary/aromatic N) is 1. The van der Waals surface area contributed by atoms with Crippen LogP contribution in [0.25, 0.3) is 0 Å². The van der Waals surface area contributed by atoms with E-state index >= 15 is 0 Å². The van der Waals surface area contributed by atoms with E-state index < -0.39 is 10.0 Å². The van der Waals surface area contributed by atoms with Gasteiger partial charge in [-0.25, -0.2) is 13.1 Å². The number of carbonyl (C=O) groups is 1. The van der Waals surface area contributed by atoms with Crippen molar-refractivity contribution in [1.29, 1.82) is 0 Å². The highest BCUT2D eigenvalue weighted by atomic mass is 32.2. The maximum absolute atomic E-state index is 12.3. The molecule has 0 aliphatic rings. The largest absolute Gasteiger partial charge is 0.369 e. The molecule has 1 amide bonds. The highest BCUT2D eigenvalue weighted by Gasteiger charge is 2.13. The molecule has 0 heterocycles. The van der Waals surface area contributed by atoms with Crippen LogP contribution in [0, 0.1) is 0 Å². The van der Waals surface area contributed by atoms with Crippen LogP contribution in [0.15, 0.2) is 53.4 Å². The normalized spacial score (nSPS) is 11.4. The van der Waals surface area contributed by atoms with Crippen molar-refractivity contribution in [3.8, 4) is 0 Å². The average Bonchev–Trinajstić information content (AvgIpc) is 2.63. The predicted octanol–water partition coefficient (Wildman–Crippen LogP) is 3.08. The van der Waals surface area contributed by atoms with Crippen LogP contribution in [-0.4, -0.2) is 34.0 Å². The van der Waals surface area contributed by atoms with E-state index in [-0.39, 0.29) is 10.8 Å². The van der Waals surface area contributed by atoms with Crippen molar-refractivity contribution in [1.82, 2.24) is 4.72 Å². The lowest BCUT2D eigenvalue weighted by molar-refractivity contribution is 0.102. The molecule has 2 rings (SSSR count). The first-order valence-corrected chi connectivity index (χ1v) is 9.98. The van der Waals surface area contributed by atoms with Crippen molar-refractivity contribution in [2.75, 3.05) is 23.8 Å². The van der Waals surface area contributed by atoms with Crippen LogP contribution < -0.4 is 14.9 Å². The molecule has 0 fully saturated rings. The van der Waals surface area contributed by atoms with Crippen LogP contribution in [-0.2, 0) is 10.0 Å². The molecule has 0 radical (unpaired) electrons. The summed E-state index contributed by atoms with van der Waals surface area (Å²) in [6, 6.07) is 13.9. The molecule has 2 aromatic carbocycles. The Bertz CT molecular complexity index is 845. The number of rotatable bonds is 7. The second-order valence-electron chi connectivity index (χ2n) is 6.11. The first kappa shape index (κ1) is 19.9. The van der Waals surface area contributed by atoms with E-state index in [1.54, 1.807) is 0 Å². The Hall–Kier alpha value is -2.38. The SMILES string of the molecule is CCN(c1ccc(NC(=O)c2ccc(S(=O)(=O)NC)cc2)cc1)C(C)C. The molecule has 0 atom stereocenters. The lowest BCUT2D eigenvalue weighted by atomic mass is 10.2. The summed E-state index contributed by atoms with van der Waals surface area (Å²) in [5, 5.41) is 2.82. The molecule has 2 aromatic rings. The van der Waals surface area contributed by atoms with Gasteiger partial charge in [-0.3, -0.25) is 4.79 Å². The molecule has 0 spiro atoms. The standard InChI is InChI=1S/C19H25N3O3S/c1-5-22(14(2)3)17-10-8-16(9-11-17)21-19(23)15-6-12-18(13-7-15)26(24,25)20-4/h6-14,20H,5H2,1-4H3,(H,21,23). The zero-order valence-corrected chi connectivity index (χ0v) is 16.3. The van der Waals surface area contributed by atoms with E-state index in [2.05, 4.69) is 35.7 Å². The number of sulfonamides is 1. The highest BCUT2D eigenvalue weighted by molar-refractivity contribution is 7.89. The van der Waals surface area contributed by atoms with Gasteiger partial charge in [0.1, 0.15) is 0 Å². The Morgan fingerprint density at radius 3 is 2.08 bits per heavy atom. The number of nitrogens with one attached hydrogen (secondary N) is 2. The van der Waals surface area contributed by atoms with Crippen LogP contribution in [0.5, 0.6) is 0 Å². The molecule has 0 aromatic heterocycles. The van der Waals surface area contributed by atoms with Crippen molar-refractivity contribution in [3.05, 3.63) is 54.1 Å². The third-order valence-electron chi connectivity index (χ3n) is 4.12. The molecule has 26 heavy (non-hydrogen) atoms. The molecule has 0 saturated carbocycles. The second kappa shape index (κ2) is 8.33. The van der Waals surface area contributed by atoms with Crippen LogP contribution >= 0.6 is 0 Å². The maximum Gasteiger partial charge on any atom is 0.255 e. The Labute approximate surface area is 155 Å². The summed E-state index contributed by atoms with van der Waals surface area (Å²) in [5.74, 6) is -0.289. The number of amides is 1. The Balaban J connectivity index is 2.10. The molecule has 2 N–H and O–H groups in total. The first-order chi connectivity index (χ1) is 12.3. The van der Waals surface area contributed by atoms with Crippen molar-refractivity contribution in [2.45, 2.75) is 31.7 Å². The van der Waals surface area contributed by atoms with Gasteiger partial charge in [-0.15, -0.1) is 0 Å². The summed E-state index contributed by atoms with van der Waals surface area (Å²) < 4.78 is 25.7. The second-order valence-corrected chi connectivity index (χ2v) is 8.00. The fraction of sp³-hybridized carbons (Fsp3) is 0.316. The minimum atomic E-state index is -3.51. The molecule has 7 heteroatoms. The summed E-state index contributed by atoms with van der Waals surface area (Å²) in [7, 11) is -2.16. The predicted molar refractivity (Wildman–Crippen MR) is 105 cm³/mol. The fourth-order valence-corrected chi connectivity index (χ4v) is 3.42. The maximum atomic E-state index is 12.3. The average molecular weight is 375 g/mol. The lowest BCUT2D eigenvalue weighted by Crippen LogP contribution is -2.30. The minimum absolute atomic E-state index is 0.120. The van der Waals surface area contributed by atoms with Crippen LogP contribution in [0.3, 0.4) is 0 Å². The molecular formula is C19H25N3O3S. The van der Waals surface area contributed by atoms with Gasteiger partial charge >= 0.3 is 0 Å². The van der Waals surface area contributed by atoms with Gasteiger partial charge in [0.15, 0.2) is 0 Å². The number of benzene rings is 2. The fourth-order valence-electron chi connectivity index (χ4n) is 2.69. The molecule has 0 saturated heterocycles. The van der Waals surface area contributed by atoms with Crippen LogP contribution in [0.1, 0.15) is 31.1 Å². The molecule has 0 bridgehead atoms. The zero-order valence-electron chi connectivity index (χ0n) is 15.5. The molecule has 0 aliphatic carbocycles. The molecule has 140 valence electrons. The van der Waals surface area contributed by atoms with Gasteiger partial charge in [-0.1, -0.05) is 0 Å². The van der Waals surface area contributed by atoms with E-state index in [1.165, 1.54) is 31.3 Å². The van der Waals surface area contributed by atoms with Gasteiger partial charge in [-0.2, -0.15) is 0 Å². The third-order valence-corrected chi connectivity index (χ3v) is 5.55. The van der Waals surface area contributed by atoms with Gasteiger partial charge in [0.05, 0.1) is 4.90 Å². The summed E-state index contributed by atoms with van der Waals surface area (Å²) in [6.07, 6.45) is 0. The zero-order chi connectivity index (χ0) is 19.3. The van der Waals surface area contributed by atoms with Gasteiger partial charge in [0.2, 0.25) is 10.0 Å². The summed E-state index contributed by atoms with van der Waals surface area (Å²) >= 11 is 0. The monoisotopic (exact) mass is 375 g/mol. The molecule has 6 nitrogen and oxygen atoms in total. The van der Waals surface area contributed by atoms with Gasteiger partial charge in [0, 0.05) is 29.5 Å². The van der Waals surface area contributed by atoms with Crippen molar-refractivity contribution < 1.29 is 13.2 Å². The lowest BCUT2D eigenvalue weighted by Gasteiger charge is -2.27. The number of hydrogen-bond acceptors (Lipinski definition) is 4. The molecular weight excluding hydrogens is 350 g/mol. The van der Waals surface area contributed by atoms with Gasteiger partial charge in [-0.05, 0) is 76.3 Å². The smallest absolute Gasteiger partial charge is 0.255 e. The van der Waals surface area contributed by atoms with Gasteiger partial charge < -0.3 is 10.2 Å². The quantitative estimate of drug-likeness (QED) is 0.779.